The van der Waals surface area contributed by atoms with Gasteiger partial charge in [0.05, 0.1) is 10.0 Å². The number of benzene rings is 1. The van der Waals surface area contributed by atoms with E-state index in [1.54, 1.807) is 0 Å². The fraction of sp³-hybridized carbons (Fsp3) is 0.600. The normalized spacial score (nSPS) is 33.5. The van der Waals surface area contributed by atoms with Crippen LogP contribution in [0.1, 0.15) is 38.2 Å². The lowest BCUT2D eigenvalue weighted by Gasteiger charge is -2.24. The molecule has 1 saturated heterocycles. The zero-order valence-electron chi connectivity index (χ0n) is 10.7. The molecule has 1 aliphatic carbocycles. The first kappa shape index (κ1) is 12.8. The van der Waals surface area contributed by atoms with Crippen molar-refractivity contribution in [2.45, 2.75) is 44.1 Å². The Bertz CT molecular complexity index is 460. The van der Waals surface area contributed by atoms with E-state index < -0.39 is 0 Å². The first-order valence-electron chi connectivity index (χ1n) is 6.87. The first-order chi connectivity index (χ1) is 8.68. The van der Waals surface area contributed by atoms with E-state index in [4.69, 9.17) is 23.2 Å². The minimum absolute atomic E-state index is 0.351. The van der Waals surface area contributed by atoms with Crippen molar-refractivity contribution in [3.05, 3.63) is 33.8 Å². The first-order valence-corrected chi connectivity index (χ1v) is 7.63. The summed E-state index contributed by atoms with van der Waals surface area (Å²) < 4.78 is 0. The molecule has 1 heterocycles. The molecule has 98 valence electrons. The third kappa shape index (κ3) is 1.88. The predicted octanol–water partition coefficient (Wildman–Crippen LogP) is 4.41. The highest BCUT2D eigenvalue weighted by molar-refractivity contribution is 6.42. The quantitative estimate of drug-likeness (QED) is 0.863. The average Bonchev–Trinajstić information content (AvgIpc) is 3.00. The number of halogens is 2. The number of unbranched alkanes of at least 4 members (excludes halogenated alkanes) is 1. The van der Waals surface area contributed by atoms with Gasteiger partial charge in [0.25, 0.3) is 0 Å². The van der Waals surface area contributed by atoms with E-state index in [2.05, 4.69) is 24.4 Å². The van der Waals surface area contributed by atoms with Gasteiger partial charge in [0, 0.05) is 11.5 Å². The van der Waals surface area contributed by atoms with Crippen molar-refractivity contribution < 1.29 is 0 Å². The topological polar surface area (TPSA) is 12.0 Å². The summed E-state index contributed by atoms with van der Waals surface area (Å²) in [5.41, 5.74) is 1.73. The Morgan fingerprint density at radius 2 is 2.17 bits per heavy atom. The molecule has 1 aromatic carbocycles. The van der Waals surface area contributed by atoms with Gasteiger partial charge in [-0.25, -0.2) is 0 Å². The monoisotopic (exact) mass is 283 g/mol. The van der Waals surface area contributed by atoms with Gasteiger partial charge in [-0.15, -0.1) is 0 Å². The molecule has 0 amide bonds. The SMILES string of the molecule is CCCCC1NCC2CC21c1ccc(Cl)c(Cl)c1. The fourth-order valence-electron chi connectivity index (χ4n) is 3.60. The number of hydrogen-bond donors (Lipinski definition) is 1. The van der Waals surface area contributed by atoms with E-state index in [1.165, 1.54) is 31.2 Å². The maximum atomic E-state index is 6.17. The molecule has 2 aliphatic rings. The van der Waals surface area contributed by atoms with Crippen molar-refractivity contribution in [3.8, 4) is 0 Å². The van der Waals surface area contributed by atoms with Crippen LogP contribution in [-0.4, -0.2) is 12.6 Å². The number of rotatable bonds is 4. The molecule has 0 aromatic heterocycles. The predicted molar refractivity (Wildman–Crippen MR) is 77.6 cm³/mol. The van der Waals surface area contributed by atoms with Crippen LogP contribution in [0.2, 0.25) is 10.0 Å². The van der Waals surface area contributed by atoms with Crippen molar-refractivity contribution in [2.75, 3.05) is 6.54 Å². The smallest absolute Gasteiger partial charge is 0.0595 e. The summed E-state index contributed by atoms with van der Waals surface area (Å²) in [6.07, 6.45) is 5.15. The van der Waals surface area contributed by atoms with Gasteiger partial charge >= 0.3 is 0 Å². The molecule has 1 N–H and O–H groups in total. The molecule has 1 aliphatic heterocycles. The molecule has 2 fully saturated rings. The molecule has 0 bridgehead atoms. The molecule has 3 rings (SSSR count). The third-order valence-electron chi connectivity index (χ3n) is 4.69. The summed E-state index contributed by atoms with van der Waals surface area (Å²) in [5.74, 6) is 0.802. The van der Waals surface area contributed by atoms with Crippen LogP contribution >= 0.6 is 23.2 Å². The Balaban J connectivity index is 1.87. The van der Waals surface area contributed by atoms with Crippen molar-refractivity contribution in [2.24, 2.45) is 5.92 Å². The summed E-state index contributed by atoms with van der Waals surface area (Å²) in [5, 5.41) is 5.04. The van der Waals surface area contributed by atoms with Crippen molar-refractivity contribution in [3.63, 3.8) is 0 Å². The van der Waals surface area contributed by atoms with Gasteiger partial charge in [-0.2, -0.15) is 0 Å². The van der Waals surface area contributed by atoms with Gasteiger partial charge in [-0.05, 0) is 43.0 Å². The number of nitrogens with one attached hydrogen (secondary N) is 1. The molecule has 0 radical (unpaired) electrons. The molecule has 1 nitrogen and oxygen atoms in total. The third-order valence-corrected chi connectivity index (χ3v) is 5.43. The summed E-state index contributed by atoms with van der Waals surface area (Å²) >= 11 is 12.2. The van der Waals surface area contributed by atoms with E-state index in [9.17, 15) is 0 Å². The van der Waals surface area contributed by atoms with E-state index in [1.807, 2.05) is 6.07 Å². The summed E-state index contributed by atoms with van der Waals surface area (Å²) in [6, 6.07) is 6.81. The van der Waals surface area contributed by atoms with Gasteiger partial charge in [0.2, 0.25) is 0 Å². The highest BCUT2D eigenvalue weighted by Crippen LogP contribution is 2.60. The summed E-state index contributed by atoms with van der Waals surface area (Å²) in [4.78, 5) is 0. The molecular formula is C15H19Cl2N. The number of fused-ring (bicyclic) bond motifs is 1. The van der Waals surface area contributed by atoms with Crippen LogP contribution in [0.5, 0.6) is 0 Å². The molecular weight excluding hydrogens is 265 g/mol. The Kier molecular flexibility index (Phi) is 3.34. The lowest BCUT2D eigenvalue weighted by atomic mass is 9.85. The fourth-order valence-corrected chi connectivity index (χ4v) is 3.90. The highest BCUT2D eigenvalue weighted by atomic mass is 35.5. The maximum Gasteiger partial charge on any atom is 0.0595 e. The molecule has 1 saturated carbocycles. The van der Waals surface area contributed by atoms with Gasteiger partial charge in [-0.3, -0.25) is 0 Å². The van der Waals surface area contributed by atoms with Gasteiger partial charge in [-0.1, -0.05) is 49.0 Å². The molecule has 3 unspecified atom stereocenters. The van der Waals surface area contributed by atoms with E-state index in [-0.39, 0.29) is 0 Å². The lowest BCUT2D eigenvalue weighted by Crippen LogP contribution is -2.34. The molecule has 0 spiro atoms. The lowest BCUT2D eigenvalue weighted by molar-refractivity contribution is 0.438. The van der Waals surface area contributed by atoms with Gasteiger partial charge in [0.15, 0.2) is 0 Å². The van der Waals surface area contributed by atoms with Crippen LogP contribution in [0.15, 0.2) is 18.2 Å². The Labute approximate surface area is 119 Å². The van der Waals surface area contributed by atoms with Crippen molar-refractivity contribution in [1.82, 2.24) is 5.32 Å². The second-order valence-electron chi connectivity index (χ2n) is 5.67. The molecule has 3 atom stereocenters. The van der Waals surface area contributed by atoms with Crippen LogP contribution in [0.25, 0.3) is 0 Å². The zero-order chi connectivity index (χ0) is 12.8. The average molecular weight is 284 g/mol. The second kappa shape index (κ2) is 4.70. The minimum Gasteiger partial charge on any atom is -0.313 e. The highest BCUT2D eigenvalue weighted by Gasteiger charge is 2.63. The van der Waals surface area contributed by atoms with E-state index >= 15 is 0 Å². The number of piperidine rings is 1. The van der Waals surface area contributed by atoms with E-state index in [0.717, 1.165) is 12.5 Å². The second-order valence-corrected chi connectivity index (χ2v) is 6.49. The summed E-state index contributed by atoms with van der Waals surface area (Å²) in [7, 11) is 0. The van der Waals surface area contributed by atoms with Gasteiger partial charge in [0.1, 0.15) is 0 Å². The van der Waals surface area contributed by atoms with Crippen LogP contribution in [-0.2, 0) is 5.41 Å². The molecule has 1 aromatic rings. The van der Waals surface area contributed by atoms with Crippen molar-refractivity contribution >= 4 is 23.2 Å². The van der Waals surface area contributed by atoms with Crippen molar-refractivity contribution in [1.29, 1.82) is 0 Å². The van der Waals surface area contributed by atoms with Crippen LogP contribution in [0.3, 0.4) is 0 Å². The maximum absolute atomic E-state index is 6.17. The minimum atomic E-state index is 0.351. The standard InChI is InChI=1S/C15H19Cl2N/c1-2-3-4-14-15(8-11(15)9-18-14)10-5-6-12(16)13(17)7-10/h5-7,11,14,18H,2-4,8-9H2,1H3. The van der Waals surface area contributed by atoms with Gasteiger partial charge < -0.3 is 5.32 Å². The Morgan fingerprint density at radius 3 is 2.83 bits per heavy atom. The molecule has 3 heteroatoms. The summed E-state index contributed by atoms with van der Waals surface area (Å²) in [6.45, 7) is 3.42. The van der Waals surface area contributed by atoms with Crippen LogP contribution in [0, 0.1) is 5.92 Å². The Hall–Kier alpha value is -0.240. The molecule has 18 heavy (non-hydrogen) atoms. The van der Waals surface area contributed by atoms with Crippen LogP contribution in [0.4, 0.5) is 0 Å². The number of hydrogen-bond acceptors (Lipinski definition) is 1. The van der Waals surface area contributed by atoms with E-state index in [0.29, 0.717) is 21.5 Å². The van der Waals surface area contributed by atoms with Crippen LogP contribution < -0.4 is 5.32 Å². The largest absolute Gasteiger partial charge is 0.313 e. The Morgan fingerprint density at radius 1 is 1.33 bits per heavy atom. The zero-order valence-corrected chi connectivity index (χ0v) is 12.2.